The molecule has 3 aliphatic rings. The van der Waals surface area contributed by atoms with Crippen molar-refractivity contribution in [3.05, 3.63) is 45.4 Å². The van der Waals surface area contributed by atoms with E-state index in [0.29, 0.717) is 66.8 Å². The first-order valence-corrected chi connectivity index (χ1v) is 10.2. The third-order valence-electron chi connectivity index (χ3n) is 5.57. The molecule has 1 heterocycles. The van der Waals surface area contributed by atoms with Crippen LogP contribution in [0.4, 0.5) is 0 Å². The number of carboxylic acids is 1. The first-order valence-electron chi connectivity index (χ1n) is 9.83. The molecule has 0 radical (unpaired) electrons. The number of carbonyl (C=O) groups is 3. The minimum Gasteiger partial charge on any atom is -0.493 e. The Kier molecular flexibility index (Phi) is 5.56. The van der Waals surface area contributed by atoms with Crippen molar-refractivity contribution in [2.24, 2.45) is 0 Å². The molecule has 0 aromatic heterocycles. The molecule has 30 heavy (non-hydrogen) atoms. The number of hydrogen-bond acceptors (Lipinski definition) is 6. The average molecular weight is 433 g/mol. The molecule has 2 aliphatic carbocycles. The third-order valence-corrected chi connectivity index (χ3v) is 5.85. The Balaban J connectivity index is 1.86. The van der Waals surface area contributed by atoms with Gasteiger partial charge in [0.15, 0.2) is 29.7 Å². The molecule has 1 aliphatic heterocycles. The van der Waals surface area contributed by atoms with Crippen molar-refractivity contribution in [1.29, 1.82) is 0 Å². The number of ether oxygens (including phenoxy) is 3. The van der Waals surface area contributed by atoms with E-state index in [1.807, 2.05) is 0 Å². The minimum absolute atomic E-state index is 0.0348. The fourth-order valence-corrected chi connectivity index (χ4v) is 4.61. The lowest BCUT2D eigenvalue weighted by Crippen LogP contribution is -2.30. The van der Waals surface area contributed by atoms with Gasteiger partial charge < -0.3 is 19.3 Å². The van der Waals surface area contributed by atoms with E-state index in [1.165, 1.54) is 7.11 Å². The summed E-state index contributed by atoms with van der Waals surface area (Å²) in [5.74, 6) is -0.195. The number of allylic oxidation sites excluding steroid dienone is 4. The van der Waals surface area contributed by atoms with Gasteiger partial charge in [0.25, 0.3) is 0 Å². The van der Waals surface area contributed by atoms with Crippen molar-refractivity contribution >= 4 is 29.1 Å². The van der Waals surface area contributed by atoms with Crippen LogP contribution in [0.1, 0.15) is 50.0 Å². The van der Waals surface area contributed by atoms with Crippen LogP contribution in [0.25, 0.3) is 0 Å². The predicted molar refractivity (Wildman–Crippen MR) is 107 cm³/mol. The van der Waals surface area contributed by atoms with Crippen LogP contribution in [0.15, 0.2) is 34.8 Å². The Bertz CT molecular complexity index is 963. The number of benzene rings is 1. The van der Waals surface area contributed by atoms with Gasteiger partial charge in [-0.2, -0.15) is 0 Å². The van der Waals surface area contributed by atoms with Crippen LogP contribution >= 0.6 is 11.6 Å². The number of carbonyl (C=O) groups excluding carboxylic acids is 2. The van der Waals surface area contributed by atoms with Gasteiger partial charge >= 0.3 is 5.97 Å². The number of halogens is 1. The molecule has 0 atom stereocenters. The first-order chi connectivity index (χ1) is 14.4. The summed E-state index contributed by atoms with van der Waals surface area (Å²) in [7, 11) is 1.42. The molecule has 1 aromatic rings. The standard InChI is InChI=1S/C22H21ClO7/c1-28-17-9-11(8-12(23)22(17)29-10-18(26)27)19-20-13(24)4-2-6-15(20)30-16-7-3-5-14(25)21(16)19/h8-9,19H,2-7,10H2,1H3,(H,26,27). The van der Waals surface area contributed by atoms with Crippen LogP contribution in [-0.2, 0) is 19.1 Å². The lowest BCUT2D eigenvalue weighted by molar-refractivity contribution is -0.139. The van der Waals surface area contributed by atoms with Crippen molar-refractivity contribution in [3.63, 3.8) is 0 Å². The van der Waals surface area contributed by atoms with E-state index in [-0.39, 0.29) is 28.1 Å². The fraction of sp³-hybridized carbons (Fsp3) is 0.409. The maximum absolute atomic E-state index is 12.9. The molecule has 0 bridgehead atoms. The van der Waals surface area contributed by atoms with Gasteiger partial charge in [0.2, 0.25) is 0 Å². The Labute approximate surface area is 178 Å². The summed E-state index contributed by atoms with van der Waals surface area (Å²) in [5.41, 5.74) is 1.63. The highest BCUT2D eigenvalue weighted by atomic mass is 35.5. The van der Waals surface area contributed by atoms with Crippen molar-refractivity contribution < 1.29 is 33.7 Å². The van der Waals surface area contributed by atoms with Crippen molar-refractivity contribution in [3.8, 4) is 11.5 Å². The van der Waals surface area contributed by atoms with Gasteiger partial charge in [-0.15, -0.1) is 0 Å². The molecule has 7 nitrogen and oxygen atoms in total. The number of ketones is 2. The zero-order chi connectivity index (χ0) is 21.4. The second-order valence-corrected chi connectivity index (χ2v) is 7.89. The topological polar surface area (TPSA) is 99.1 Å². The van der Waals surface area contributed by atoms with Gasteiger partial charge in [-0.1, -0.05) is 11.6 Å². The molecule has 0 fully saturated rings. The number of aliphatic carboxylic acids is 1. The Morgan fingerprint density at radius 3 is 2.23 bits per heavy atom. The smallest absolute Gasteiger partial charge is 0.341 e. The second-order valence-electron chi connectivity index (χ2n) is 7.48. The molecule has 0 saturated heterocycles. The van der Waals surface area contributed by atoms with E-state index in [4.69, 9.17) is 30.9 Å². The Morgan fingerprint density at radius 1 is 1.10 bits per heavy atom. The summed E-state index contributed by atoms with van der Waals surface area (Å²) in [6.45, 7) is -0.575. The highest BCUT2D eigenvalue weighted by Gasteiger charge is 2.42. The van der Waals surface area contributed by atoms with Crippen LogP contribution in [0.2, 0.25) is 5.02 Å². The highest BCUT2D eigenvalue weighted by Crippen LogP contribution is 2.50. The number of methoxy groups -OCH3 is 1. The second kappa shape index (κ2) is 8.14. The summed E-state index contributed by atoms with van der Waals surface area (Å²) < 4.78 is 16.7. The van der Waals surface area contributed by atoms with Crippen molar-refractivity contribution in [2.75, 3.05) is 13.7 Å². The molecule has 158 valence electrons. The van der Waals surface area contributed by atoms with Crippen LogP contribution in [0, 0.1) is 0 Å². The molecule has 1 N–H and O–H groups in total. The maximum Gasteiger partial charge on any atom is 0.341 e. The van der Waals surface area contributed by atoms with Crippen LogP contribution in [0.3, 0.4) is 0 Å². The number of hydrogen-bond donors (Lipinski definition) is 1. The maximum atomic E-state index is 12.9. The number of Topliss-reactive ketones (excluding diaryl/α,β-unsaturated/α-hetero) is 2. The summed E-state index contributed by atoms with van der Waals surface area (Å²) in [6.07, 6.45) is 3.53. The van der Waals surface area contributed by atoms with Crippen LogP contribution in [0.5, 0.6) is 11.5 Å². The molecule has 0 saturated carbocycles. The molecule has 0 spiro atoms. The monoisotopic (exact) mass is 432 g/mol. The summed E-state index contributed by atoms with van der Waals surface area (Å²) >= 11 is 6.41. The van der Waals surface area contributed by atoms with Gasteiger partial charge in [-0.05, 0) is 30.5 Å². The SMILES string of the molecule is COc1cc(C2C3=C(CCCC3=O)OC3=C2C(=O)CCC3)cc(Cl)c1OCC(=O)O. The Hall–Kier alpha value is -2.80. The molecule has 0 amide bonds. The summed E-state index contributed by atoms with van der Waals surface area (Å²) in [4.78, 5) is 36.6. The van der Waals surface area contributed by atoms with Gasteiger partial charge in [0.05, 0.1) is 12.1 Å². The van der Waals surface area contributed by atoms with Crippen LogP contribution in [-0.4, -0.2) is 36.4 Å². The minimum atomic E-state index is -1.15. The van der Waals surface area contributed by atoms with Gasteiger partial charge in [0, 0.05) is 42.7 Å². The van der Waals surface area contributed by atoms with E-state index in [9.17, 15) is 14.4 Å². The number of rotatable bonds is 5. The third kappa shape index (κ3) is 3.58. The average Bonchev–Trinajstić information content (AvgIpc) is 2.71. The molecule has 4 rings (SSSR count). The van der Waals surface area contributed by atoms with Gasteiger partial charge in [-0.3, -0.25) is 9.59 Å². The first kappa shape index (κ1) is 20.5. The zero-order valence-electron chi connectivity index (χ0n) is 16.5. The number of carboxylic acid groups (broad SMARTS) is 1. The van der Waals surface area contributed by atoms with Crippen molar-refractivity contribution in [1.82, 2.24) is 0 Å². The largest absolute Gasteiger partial charge is 0.493 e. The summed E-state index contributed by atoms with van der Waals surface area (Å²) in [5, 5.41) is 9.04. The van der Waals surface area contributed by atoms with E-state index >= 15 is 0 Å². The van der Waals surface area contributed by atoms with E-state index in [0.717, 1.165) is 0 Å². The zero-order valence-corrected chi connectivity index (χ0v) is 17.2. The van der Waals surface area contributed by atoms with E-state index in [2.05, 4.69) is 0 Å². The van der Waals surface area contributed by atoms with Crippen molar-refractivity contribution in [2.45, 2.75) is 44.4 Å². The van der Waals surface area contributed by atoms with Gasteiger partial charge in [0.1, 0.15) is 11.5 Å². The van der Waals surface area contributed by atoms with Crippen LogP contribution < -0.4 is 9.47 Å². The quantitative estimate of drug-likeness (QED) is 0.752. The predicted octanol–water partition coefficient (Wildman–Crippen LogP) is 3.94. The van der Waals surface area contributed by atoms with Gasteiger partial charge in [-0.25, -0.2) is 4.79 Å². The Morgan fingerprint density at radius 2 is 1.70 bits per heavy atom. The summed E-state index contributed by atoms with van der Waals surface area (Å²) in [6, 6.07) is 3.26. The normalized spacial score (nSPS) is 19.3. The van der Waals surface area contributed by atoms with E-state index < -0.39 is 18.5 Å². The molecular formula is C22H21ClO7. The van der Waals surface area contributed by atoms with E-state index in [1.54, 1.807) is 12.1 Å². The molecule has 8 heteroatoms. The molecule has 0 unspecified atom stereocenters. The lowest BCUT2D eigenvalue weighted by Gasteiger charge is -2.36. The lowest BCUT2D eigenvalue weighted by atomic mass is 9.73. The molecule has 1 aromatic carbocycles. The highest BCUT2D eigenvalue weighted by molar-refractivity contribution is 6.32. The molecular weight excluding hydrogens is 412 g/mol. The fourth-order valence-electron chi connectivity index (χ4n) is 4.33.